The number of nitrogens with zero attached hydrogens (tertiary/aromatic N) is 3. The van der Waals surface area contributed by atoms with E-state index in [1.54, 1.807) is 42.3 Å². The molecule has 0 bridgehead atoms. The Kier molecular flexibility index (Phi) is 4.27. The van der Waals surface area contributed by atoms with E-state index < -0.39 is 11.0 Å². The second kappa shape index (κ2) is 6.65. The van der Waals surface area contributed by atoms with Crippen LogP contribution in [0, 0.1) is 10.1 Å². The quantitative estimate of drug-likeness (QED) is 0.634. The van der Waals surface area contributed by atoms with Crippen molar-refractivity contribution in [3.05, 3.63) is 80.5 Å². The number of carbonyl (C=O) groups excluding carboxylic acids is 2. The molecule has 1 unspecified atom stereocenters. The number of likely N-dealkylation sites (N-methyl/N-ethyl adjacent to an activating group) is 1. The first kappa shape index (κ1) is 18.0. The van der Waals surface area contributed by atoms with Gasteiger partial charge in [0, 0.05) is 29.9 Å². The minimum absolute atomic E-state index is 0.104. The van der Waals surface area contributed by atoms with Crippen LogP contribution in [0.15, 0.2) is 59.8 Å². The third-order valence-corrected chi connectivity index (χ3v) is 5.16. The van der Waals surface area contributed by atoms with Gasteiger partial charge in [-0.25, -0.2) is 4.79 Å². The van der Waals surface area contributed by atoms with Crippen LogP contribution >= 0.6 is 11.6 Å². The van der Waals surface area contributed by atoms with E-state index in [0.717, 1.165) is 0 Å². The molecule has 0 saturated heterocycles. The van der Waals surface area contributed by atoms with E-state index in [9.17, 15) is 19.7 Å². The summed E-state index contributed by atoms with van der Waals surface area (Å²) in [6.07, 6.45) is 0. The molecule has 0 aromatic heterocycles. The molecule has 4 rings (SSSR count). The van der Waals surface area contributed by atoms with Gasteiger partial charge in [0.25, 0.3) is 11.6 Å². The molecule has 2 aliphatic heterocycles. The lowest BCUT2D eigenvalue weighted by Gasteiger charge is -2.30. The zero-order valence-corrected chi connectivity index (χ0v) is 15.5. The van der Waals surface area contributed by atoms with Gasteiger partial charge >= 0.3 is 6.03 Å². The van der Waals surface area contributed by atoms with E-state index in [1.165, 1.54) is 23.1 Å². The van der Waals surface area contributed by atoms with E-state index in [4.69, 9.17) is 11.6 Å². The maximum Gasteiger partial charge on any atom is 0.322 e. The zero-order valence-electron chi connectivity index (χ0n) is 14.8. The fourth-order valence-electron chi connectivity index (χ4n) is 3.46. The van der Waals surface area contributed by atoms with Crippen LogP contribution in [-0.4, -0.2) is 35.4 Å². The molecule has 2 aromatic carbocycles. The Hall–Kier alpha value is -3.39. The van der Waals surface area contributed by atoms with Gasteiger partial charge in [-0.1, -0.05) is 23.7 Å². The number of rotatable bonds is 3. The lowest BCUT2D eigenvalue weighted by Crippen LogP contribution is -2.45. The first-order valence-corrected chi connectivity index (χ1v) is 8.83. The lowest BCUT2D eigenvalue weighted by atomic mass is 9.95. The van der Waals surface area contributed by atoms with Gasteiger partial charge < -0.3 is 10.2 Å². The molecule has 0 aliphatic carbocycles. The summed E-state index contributed by atoms with van der Waals surface area (Å²) in [7, 11) is 1.59. The standard InChI is InChI=1S/C19H15ClN4O4/c1-22-15-10-23(13-7-5-12(20)6-8-13)18(25)16(15)17(21-19(22)26)11-3-2-4-14(9-11)24(27)28/h2-9,17H,10H2,1H3,(H,21,26). The lowest BCUT2D eigenvalue weighted by molar-refractivity contribution is -0.384. The second-order valence-corrected chi connectivity index (χ2v) is 6.96. The van der Waals surface area contributed by atoms with E-state index in [0.29, 0.717) is 27.5 Å². The molecule has 142 valence electrons. The van der Waals surface area contributed by atoms with Crippen molar-refractivity contribution in [2.75, 3.05) is 18.5 Å². The van der Waals surface area contributed by atoms with Crippen molar-refractivity contribution >= 4 is 34.9 Å². The Labute approximate surface area is 165 Å². The molecule has 9 heteroatoms. The number of hydrogen-bond donors (Lipinski definition) is 1. The third kappa shape index (κ3) is 2.87. The van der Waals surface area contributed by atoms with Gasteiger partial charge in [-0.15, -0.1) is 0 Å². The van der Waals surface area contributed by atoms with E-state index in [-0.39, 0.29) is 24.2 Å². The summed E-state index contributed by atoms with van der Waals surface area (Å²) in [5, 5.41) is 14.4. The van der Waals surface area contributed by atoms with Gasteiger partial charge in [0.2, 0.25) is 0 Å². The van der Waals surface area contributed by atoms with Gasteiger partial charge in [0.15, 0.2) is 0 Å². The monoisotopic (exact) mass is 398 g/mol. The molecule has 3 amide bonds. The molecule has 1 N–H and O–H groups in total. The van der Waals surface area contributed by atoms with Crippen LogP contribution in [0.2, 0.25) is 5.02 Å². The number of nitro benzene ring substituents is 1. The Bertz CT molecular complexity index is 1030. The number of benzene rings is 2. The highest BCUT2D eigenvalue weighted by molar-refractivity contribution is 6.30. The molecule has 8 nitrogen and oxygen atoms in total. The number of non-ortho nitro benzene ring substituents is 1. The topological polar surface area (TPSA) is 95.8 Å². The summed E-state index contributed by atoms with van der Waals surface area (Å²) in [5.74, 6) is -0.263. The van der Waals surface area contributed by atoms with Crippen LogP contribution < -0.4 is 10.2 Å². The molecule has 0 radical (unpaired) electrons. The van der Waals surface area contributed by atoms with Crippen molar-refractivity contribution in [2.45, 2.75) is 6.04 Å². The molecule has 2 heterocycles. The number of carbonyl (C=O) groups is 2. The van der Waals surface area contributed by atoms with E-state index in [2.05, 4.69) is 5.32 Å². The fraction of sp³-hybridized carbons (Fsp3) is 0.158. The van der Waals surface area contributed by atoms with Crippen molar-refractivity contribution in [3.63, 3.8) is 0 Å². The number of halogens is 1. The number of amides is 3. The summed E-state index contributed by atoms with van der Waals surface area (Å²) >= 11 is 5.93. The summed E-state index contributed by atoms with van der Waals surface area (Å²) in [5.41, 5.74) is 2.00. The van der Waals surface area contributed by atoms with Crippen LogP contribution in [0.4, 0.5) is 16.2 Å². The minimum atomic E-state index is -0.761. The van der Waals surface area contributed by atoms with Gasteiger partial charge in [-0.2, -0.15) is 0 Å². The Morgan fingerprint density at radius 3 is 2.57 bits per heavy atom. The number of nitrogens with one attached hydrogen (secondary N) is 1. The average Bonchev–Trinajstić information content (AvgIpc) is 3.03. The molecular weight excluding hydrogens is 384 g/mol. The predicted octanol–water partition coefficient (Wildman–Crippen LogP) is 3.25. The summed E-state index contributed by atoms with van der Waals surface area (Å²) in [4.78, 5) is 39.2. The maximum absolute atomic E-state index is 13.2. The first-order valence-electron chi connectivity index (χ1n) is 8.46. The van der Waals surface area contributed by atoms with Gasteiger partial charge in [-0.3, -0.25) is 19.8 Å². The van der Waals surface area contributed by atoms with Crippen molar-refractivity contribution in [1.29, 1.82) is 0 Å². The van der Waals surface area contributed by atoms with Crippen LogP contribution in [0.25, 0.3) is 0 Å². The molecular formula is C19H15ClN4O4. The Morgan fingerprint density at radius 2 is 1.89 bits per heavy atom. The SMILES string of the molecule is CN1C(=O)NC(c2cccc([N+](=O)[O-])c2)C2=C1CN(c1ccc(Cl)cc1)C2=O. The molecule has 28 heavy (non-hydrogen) atoms. The zero-order chi connectivity index (χ0) is 20.0. The van der Waals surface area contributed by atoms with Gasteiger partial charge in [-0.05, 0) is 29.8 Å². The van der Waals surface area contributed by atoms with E-state index >= 15 is 0 Å². The molecule has 0 saturated carbocycles. The largest absolute Gasteiger partial charge is 0.327 e. The van der Waals surface area contributed by atoms with E-state index in [1.807, 2.05) is 0 Å². The second-order valence-electron chi connectivity index (χ2n) is 6.52. The average molecular weight is 399 g/mol. The molecule has 2 aromatic rings. The van der Waals surface area contributed by atoms with Gasteiger partial charge in [0.1, 0.15) is 0 Å². The number of anilines is 1. The summed E-state index contributed by atoms with van der Waals surface area (Å²) in [6.45, 7) is 0.227. The van der Waals surface area contributed by atoms with Crippen LogP contribution in [0.3, 0.4) is 0 Å². The van der Waals surface area contributed by atoms with Crippen molar-refractivity contribution < 1.29 is 14.5 Å². The molecule has 1 atom stereocenters. The summed E-state index contributed by atoms with van der Waals surface area (Å²) < 4.78 is 0. The minimum Gasteiger partial charge on any atom is -0.327 e. The molecule has 2 aliphatic rings. The highest BCUT2D eigenvalue weighted by Gasteiger charge is 2.43. The molecule has 0 spiro atoms. The maximum atomic E-state index is 13.2. The smallest absolute Gasteiger partial charge is 0.322 e. The Morgan fingerprint density at radius 1 is 1.18 bits per heavy atom. The van der Waals surface area contributed by atoms with Crippen molar-refractivity contribution in [3.8, 4) is 0 Å². The van der Waals surface area contributed by atoms with Crippen LogP contribution in [0.5, 0.6) is 0 Å². The molecule has 0 fully saturated rings. The van der Waals surface area contributed by atoms with Crippen LogP contribution in [0.1, 0.15) is 11.6 Å². The summed E-state index contributed by atoms with van der Waals surface area (Å²) in [6, 6.07) is 11.6. The number of hydrogen-bond acceptors (Lipinski definition) is 4. The number of urea groups is 1. The first-order chi connectivity index (χ1) is 13.4. The number of nitro groups is 1. The fourth-order valence-corrected chi connectivity index (χ4v) is 3.59. The van der Waals surface area contributed by atoms with Crippen LogP contribution in [-0.2, 0) is 4.79 Å². The Balaban J connectivity index is 1.76. The van der Waals surface area contributed by atoms with Crippen molar-refractivity contribution in [1.82, 2.24) is 10.2 Å². The van der Waals surface area contributed by atoms with Crippen molar-refractivity contribution in [2.24, 2.45) is 0 Å². The highest BCUT2D eigenvalue weighted by atomic mass is 35.5. The van der Waals surface area contributed by atoms with Gasteiger partial charge in [0.05, 0.1) is 28.8 Å². The normalized spacial score (nSPS) is 19.0. The predicted molar refractivity (Wildman–Crippen MR) is 103 cm³/mol. The highest BCUT2D eigenvalue weighted by Crippen LogP contribution is 2.38. The third-order valence-electron chi connectivity index (χ3n) is 4.91.